The minimum atomic E-state index is -0.449. The molecule has 0 unspecified atom stereocenters. The zero-order chi connectivity index (χ0) is 12.3. The molecule has 0 spiro atoms. The summed E-state index contributed by atoms with van der Waals surface area (Å²) in [5.41, 5.74) is 7.47. The number of nitrogens with zero attached hydrogens (tertiary/aromatic N) is 1. The Bertz CT molecular complexity index is 520. The van der Waals surface area contributed by atoms with E-state index in [-0.39, 0.29) is 5.69 Å². The second-order valence-corrected chi connectivity index (χ2v) is 3.45. The predicted octanol–water partition coefficient (Wildman–Crippen LogP) is 1.84. The number of hydrogen-bond donors (Lipinski definition) is 2. The summed E-state index contributed by atoms with van der Waals surface area (Å²) < 4.78 is 4.94. The molecule has 1 aromatic carbocycles. The number of rotatable bonds is 3. The van der Waals surface area contributed by atoms with Gasteiger partial charge in [0.1, 0.15) is 0 Å². The topological polar surface area (TPSA) is 81.0 Å². The van der Waals surface area contributed by atoms with Crippen LogP contribution < -0.4 is 5.73 Å². The van der Waals surface area contributed by atoms with Crippen LogP contribution in [0.4, 0.5) is 5.82 Å². The van der Waals surface area contributed by atoms with Crippen molar-refractivity contribution in [2.75, 3.05) is 12.3 Å². The third-order valence-electron chi connectivity index (χ3n) is 2.34. The third-order valence-corrected chi connectivity index (χ3v) is 2.34. The minimum Gasteiger partial charge on any atom is -0.461 e. The van der Waals surface area contributed by atoms with E-state index in [4.69, 9.17) is 10.5 Å². The van der Waals surface area contributed by atoms with Crippen molar-refractivity contribution >= 4 is 11.8 Å². The number of hydrogen-bond acceptors (Lipinski definition) is 4. The number of benzene rings is 1. The van der Waals surface area contributed by atoms with Crippen LogP contribution in [-0.2, 0) is 4.74 Å². The van der Waals surface area contributed by atoms with Gasteiger partial charge in [-0.2, -0.15) is 5.10 Å². The first kappa shape index (κ1) is 11.2. The Morgan fingerprint density at radius 2 is 2.12 bits per heavy atom. The summed E-state index contributed by atoms with van der Waals surface area (Å²) in [7, 11) is 0. The molecule has 2 aromatic rings. The highest BCUT2D eigenvalue weighted by Gasteiger charge is 2.19. The van der Waals surface area contributed by atoms with E-state index in [0.29, 0.717) is 18.0 Å². The van der Waals surface area contributed by atoms with Crippen LogP contribution in [0.2, 0.25) is 0 Å². The van der Waals surface area contributed by atoms with Crippen LogP contribution in [0.25, 0.3) is 11.1 Å². The SMILES string of the molecule is CCOC(=O)c1[nH]nc(N)c1-c1ccccc1. The summed E-state index contributed by atoms with van der Waals surface area (Å²) in [5.74, 6) is -0.158. The molecule has 17 heavy (non-hydrogen) atoms. The average Bonchev–Trinajstić information content (AvgIpc) is 2.73. The molecule has 0 saturated heterocycles. The lowest BCUT2D eigenvalue weighted by Crippen LogP contribution is -2.06. The van der Waals surface area contributed by atoms with Gasteiger partial charge in [-0.15, -0.1) is 0 Å². The number of aromatic nitrogens is 2. The van der Waals surface area contributed by atoms with Crippen molar-refractivity contribution in [3.05, 3.63) is 36.0 Å². The quantitative estimate of drug-likeness (QED) is 0.790. The largest absolute Gasteiger partial charge is 0.461 e. The van der Waals surface area contributed by atoms with Crippen molar-refractivity contribution < 1.29 is 9.53 Å². The summed E-state index contributed by atoms with van der Waals surface area (Å²) in [4.78, 5) is 11.7. The number of carbonyl (C=O) groups is 1. The Kier molecular flexibility index (Phi) is 3.09. The van der Waals surface area contributed by atoms with Gasteiger partial charge in [0.25, 0.3) is 0 Å². The molecule has 5 heteroatoms. The summed E-state index contributed by atoms with van der Waals surface area (Å²) in [5, 5.41) is 6.46. The number of esters is 1. The number of carbonyl (C=O) groups excluding carboxylic acids is 1. The van der Waals surface area contributed by atoms with Gasteiger partial charge in [-0.1, -0.05) is 30.3 Å². The standard InChI is InChI=1S/C12H13N3O2/c1-2-17-12(16)10-9(11(13)15-14-10)8-6-4-3-5-7-8/h3-7H,2H2,1H3,(H3,13,14,15). The van der Waals surface area contributed by atoms with Gasteiger partial charge in [0.2, 0.25) is 0 Å². The van der Waals surface area contributed by atoms with Gasteiger partial charge in [0, 0.05) is 0 Å². The van der Waals surface area contributed by atoms with Crippen molar-refractivity contribution in [2.45, 2.75) is 6.92 Å². The Morgan fingerprint density at radius 1 is 1.41 bits per heavy atom. The van der Waals surface area contributed by atoms with Gasteiger partial charge in [-0.3, -0.25) is 5.10 Å². The Morgan fingerprint density at radius 3 is 2.76 bits per heavy atom. The molecule has 0 aliphatic rings. The summed E-state index contributed by atoms with van der Waals surface area (Å²) in [6, 6.07) is 9.37. The summed E-state index contributed by atoms with van der Waals surface area (Å²) >= 11 is 0. The number of nitrogens with one attached hydrogen (secondary N) is 1. The highest BCUT2D eigenvalue weighted by molar-refractivity contribution is 5.98. The van der Waals surface area contributed by atoms with Gasteiger partial charge in [-0.25, -0.2) is 4.79 Å². The van der Waals surface area contributed by atoms with Crippen LogP contribution in [-0.4, -0.2) is 22.8 Å². The zero-order valence-corrected chi connectivity index (χ0v) is 9.43. The molecule has 0 aliphatic heterocycles. The molecule has 0 bridgehead atoms. The number of aromatic amines is 1. The maximum atomic E-state index is 11.7. The summed E-state index contributed by atoms with van der Waals surface area (Å²) in [6.45, 7) is 2.06. The van der Waals surface area contributed by atoms with Crippen molar-refractivity contribution in [1.29, 1.82) is 0 Å². The van der Waals surface area contributed by atoms with E-state index in [1.54, 1.807) is 6.92 Å². The van der Waals surface area contributed by atoms with Crippen molar-refractivity contribution in [2.24, 2.45) is 0 Å². The molecule has 0 atom stereocenters. The molecule has 1 aromatic heterocycles. The fourth-order valence-electron chi connectivity index (χ4n) is 1.60. The molecule has 3 N–H and O–H groups in total. The molecule has 0 fully saturated rings. The van der Waals surface area contributed by atoms with E-state index in [1.807, 2.05) is 30.3 Å². The van der Waals surface area contributed by atoms with Crippen LogP contribution in [0.1, 0.15) is 17.4 Å². The Labute approximate surface area is 98.6 Å². The normalized spacial score (nSPS) is 10.2. The lowest BCUT2D eigenvalue weighted by Gasteiger charge is -2.03. The lowest BCUT2D eigenvalue weighted by atomic mass is 10.1. The monoisotopic (exact) mass is 231 g/mol. The molecule has 88 valence electrons. The molecule has 1 heterocycles. The maximum Gasteiger partial charge on any atom is 0.357 e. The average molecular weight is 231 g/mol. The van der Waals surface area contributed by atoms with E-state index < -0.39 is 5.97 Å². The second kappa shape index (κ2) is 4.69. The number of ether oxygens (including phenoxy) is 1. The number of H-pyrrole nitrogens is 1. The first-order chi connectivity index (χ1) is 8.24. The van der Waals surface area contributed by atoms with E-state index in [2.05, 4.69) is 10.2 Å². The molecule has 5 nitrogen and oxygen atoms in total. The third kappa shape index (κ3) is 2.13. The summed E-state index contributed by atoms with van der Waals surface area (Å²) in [6.07, 6.45) is 0. The number of anilines is 1. The fraction of sp³-hybridized carbons (Fsp3) is 0.167. The first-order valence-corrected chi connectivity index (χ1v) is 5.30. The highest BCUT2D eigenvalue weighted by atomic mass is 16.5. The molecular formula is C12H13N3O2. The molecule has 0 saturated carbocycles. The number of nitrogens with two attached hydrogens (primary N) is 1. The van der Waals surface area contributed by atoms with Crippen molar-refractivity contribution in [3.63, 3.8) is 0 Å². The zero-order valence-electron chi connectivity index (χ0n) is 9.43. The van der Waals surface area contributed by atoms with Gasteiger partial charge in [0.05, 0.1) is 12.2 Å². The van der Waals surface area contributed by atoms with Crippen LogP contribution in [0.3, 0.4) is 0 Å². The molecule has 2 rings (SSSR count). The number of nitrogen functional groups attached to an aromatic ring is 1. The molecular weight excluding hydrogens is 218 g/mol. The van der Waals surface area contributed by atoms with Gasteiger partial charge < -0.3 is 10.5 Å². The van der Waals surface area contributed by atoms with Crippen LogP contribution >= 0.6 is 0 Å². The maximum absolute atomic E-state index is 11.7. The predicted molar refractivity (Wildman–Crippen MR) is 64.4 cm³/mol. The second-order valence-electron chi connectivity index (χ2n) is 3.45. The van der Waals surface area contributed by atoms with Crippen LogP contribution in [0, 0.1) is 0 Å². The van der Waals surface area contributed by atoms with Gasteiger partial charge in [-0.05, 0) is 12.5 Å². The Balaban J connectivity index is 2.47. The van der Waals surface area contributed by atoms with Gasteiger partial charge >= 0.3 is 5.97 Å². The lowest BCUT2D eigenvalue weighted by molar-refractivity contribution is 0.0520. The highest BCUT2D eigenvalue weighted by Crippen LogP contribution is 2.27. The van der Waals surface area contributed by atoms with Crippen molar-refractivity contribution in [1.82, 2.24) is 10.2 Å². The fourth-order valence-corrected chi connectivity index (χ4v) is 1.60. The molecule has 0 amide bonds. The minimum absolute atomic E-state index is 0.288. The smallest absolute Gasteiger partial charge is 0.357 e. The molecule has 0 aliphatic carbocycles. The molecule has 0 radical (unpaired) electrons. The van der Waals surface area contributed by atoms with E-state index >= 15 is 0 Å². The van der Waals surface area contributed by atoms with E-state index in [9.17, 15) is 4.79 Å². The van der Waals surface area contributed by atoms with Gasteiger partial charge in [0.15, 0.2) is 11.5 Å². The van der Waals surface area contributed by atoms with Crippen LogP contribution in [0.15, 0.2) is 30.3 Å². The van der Waals surface area contributed by atoms with Crippen LogP contribution in [0.5, 0.6) is 0 Å². The first-order valence-electron chi connectivity index (χ1n) is 5.30. The van der Waals surface area contributed by atoms with E-state index in [1.165, 1.54) is 0 Å². The van der Waals surface area contributed by atoms with E-state index in [0.717, 1.165) is 5.56 Å². The Hall–Kier alpha value is -2.30. The van der Waals surface area contributed by atoms with Crippen molar-refractivity contribution in [3.8, 4) is 11.1 Å².